The summed E-state index contributed by atoms with van der Waals surface area (Å²) in [6.45, 7) is 3.84. The van der Waals surface area contributed by atoms with Gasteiger partial charge in [0.15, 0.2) is 0 Å². The van der Waals surface area contributed by atoms with Gasteiger partial charge in [0.25, 0.3) is 5.91 Å². The zero-order chi connectivity index (χ0) is 17.3. The van der Waals surface area contributed by atoms with Crippen LogP contribution in [0.2, 0.25) is 0 Å². The van der Waals surface area contributed by atoms with Crippen LogP contribution in [-0.4, -0.2) is 16.9 Å². The third kappa shape index (κ3) is 3.56. The molecule has 2 aromatic carbocycles. The molecule has 0 unspecified atom stereocenters. The van der Waals surface area contributed by atoms with Crippen molar-refractivity contribution >= 4 is 23.2 Å². The molecule has 1 fully saturated rings. The first-order valence-electron chi connectivity index (χ1n) is 7.96. The van der Waals surface area contributed by atoms with E-state index < -0.39 is 0 Å². The Morgan fingerprint density at radius 3 is 2.25 bits per heavy atom. The number of phenols is 1. The van der Waals surface area contributed by atoms with Crippen molar-refractivity contribution in [2.75, 3.05) is 10.6 Å². The standard InChI is InChI=1S/C19H20N2O3/c1-11-3-6-15(10-17(11)22)21-18(23)13-4-7-14(8-5-13)20-19(24)16-9-12(16)2/h3-8,10,12,16,22H,9H2,1-2H3,(H,20,24)(H,21,23)/t12-,16+/m1/s1. The topological polar surface area (TPSA) is 78.4 Å². The molecule has 2 amide bonds. The number of nitrogens with one attached hydrogen (secondary N) is 2. The highest BCUT2D eigenvalue weighted by molar-refractivity contribution is 6.04. The summed E-state index contributed by atoms with van der Waals surface area (Å²) >= 11 is 0. The summed E-state index contributed by atoms with van der Waals surface area (Å²) in [5.74, 6) is 0.477. The van der Waals surface area contributed by atoms with Crippen LogP contribution in [0.1, 0.15) is 29.3 Å². The molecule has 0 spiro atoms. The first-order chi connectivity index (χ1) is 11.4. The summed E-state index contributed by atoms with van der Waals surface area (Å²) in [5, 5.41) is 15.3. The van der Waals surface area contributed by atoms with Crippen LogP contribution in [0.15, 0.2) is 42.5 Å². The molecule has 24 heavy (non-hydrogen) atoms. The maximum absolute atomic E-state index is 12.2. The molecule has 2 atom stereocenters. The van der Waals surface area contributed by atoms with Crippen LogP contribution >= 0.6 is 0 Å². The summed E-state index contributed by atoms with van der Waals surface area (Å²) in [4.78, 5) is 24.1. The van der Waals surface area contributed by atoms with E-state index in [1.165, 1.54) is 6.07 Å². The van der Waals surface area contributed by atoms with Crippen molar-refractivity contribution in [3.05, 3.63) is 53.6 Å². The van der Waals surface area contributed by atoms with E-state index in [0.717, 1.165) is 12.0 Å². The second-order valence-corrected chi connectivity index (χ2v) is 6.34. The van der Waals surface area contributed by atoms with Gasteiger partial charge in [-0.25, -0.2) is 0 Å². The molecule has 1 saturated carbocycles. The minimum atomic E-state index is -0.271. The number of carbonyl (C=O) groups excluding carboxylic acids is 2. The molecule has 2 aromatic rings. The van der Waals surface area contributed by atoms with E-state index >= 15 is 0 Å². The molecule has 0 heterocycles. The first-order valence-corrected chi connectivity index (χ1v) is 7.96. The summed E-state index contributed by atoms with van der Waals surface area (Å²) < 4.78 is 0. The van der Waals surface area contributed by atoms with Crippen molar-refractivity contribution in [3.63, 3.8) is 0 Å². The molecule has 0 radical (unpaired) electrons. The monoisotopic (exact) mass is 324 g/mol. The Balaban J connectivity index is 1.63. The van der Waals surface area contributed by atoms with Crippen molar-refractivity contribution in [3.8, 4) is 5.75 Å². The third-order valence-electron chi connectivity index (χ3n) is 4.33. The first kappa shape index (κ1) is 16.1. The molecule has 1 aliphatic carbocycles. The van der Waals surface area contributed by atoms with Crippen LogP contribution in [0.4, 0.5) is 11.4 Å². The predicted octanol–water partition coefficient (Wildman–Crippen LogP) is 3.55. The fraction of sp³-hybridized carbons (Fsp3) is 0.263. The summed E-state index contributed by atoms with van der Waals surface area (Å²) in [7, 11) is 0. The SMILES string of the molecule is Cc1ccc(NC(=O)c2ccc(NC(=O)[C@H]3C[C@H]3C)cc2)cc1O. The highest BCUT2D eigenvalue weighted by Crippen LogP contribution is 2.38. The molecular formula is C19H20N2O3. The van der Waals surface area contributed by atoms with Crippen molar-refractivity contribution < 1.29 is 14.7 Å². The zero-order valence-electron chi connectivity index (χ0n) is 13.7. The number of rotatable bonds is 4. The summed E-state index contributed by atoms with van der Waals surface area (Å²) in [6, 6.07) is 11.7. The van der Waals surface area contributed by atoms with E-state index in [1.54, 1.807) is 43.3 Å². The van der Waals surface area contributed by atoms with Gasteiger partial charge in [0.2, 0.25) is 5.91 Å². The number of aromatic hydroxyl groups is 1. The van der Waals surface area contributed by atoms with Gasteiger partial charge in [-0.3, -0.25) is 9.59 Å². The van der Waals surface area contributed by atoms with Gasteiger partial charge in [0.1, 0.15) is 5.75 Å². The normalized spacial score (nSPS) is 18.8. The molecule has 0 aliphatic heterocycles. The van der Waals surface area contributed by atoms with Gasteiger partial charge in [-0.05, 0) is 55.2 Å². The number of aryl methyl sites for hydroxylation is 1. The highest BCUT2D eigenvalue weighted by Gasteiger charge is 2.39. The van der Waals surface area contributed by atoms with E-state index in [9.17, 15) is 14.7 Å². The Kier molecular flexibility index (Phi) is 4.25. The second kappa shape index (κ2) is 6.35. The quantitative estimate of drug-likeness (QED) is 0.805. The van der Waals surface area contributed by atoms with Gasteiger partial charge >= 0.3 is 0 Å². The third-order valence-corrected chi connectivity index (χ3v) is 4.33. The summed E-state index contributed by atoms with van der Waals surface area (Å²) in [6.07, 6.45) is 0.940. The average Bonchev–Trinajstić information content (AvgIpc) is 3.29. The van der Waals surface area contributed by atoms with Crippen molar-refractivity contribution in [2.45, 2.75) is 20.3 Å². The Morgan fingerprint density at radius 1 is 1.04 bits per heavy atom. The zero-order valence-corrected chi connectivity index (χ0v) is 13.7. The molecule has 0 bridgehead atoms. The van der Waals surface area contributed by atoms with Crippen molar-refractivity contribution in [2.24, 2.45) is 11.8 Å². The minimum Gasteiger partial charge on any atom is -0.508 e. The van der Waals surface area contributed by atoms with Gasteiger partial charge in [0, 0.05) is 28.9 Å². The van der Waals surface area contributed by atoms with E-state index in [1.807, 2.05) is 0 Å². The fourth-order valence-corrected chi connectivity index (χ4v) is 2.52. The summed E-state index contributed by atoms with van der Waals surface area (Å²) in [5.41, 5.74) is 2.44. The largest absolute Gasteiger partial charge is 0.508 e. The molecule has 5 nitrogen and oxygen atoms in total. The van der Waals surface area contributed by atoms with Gasteiger partial charge in [-0.2, -0.15) is 0 Å². The number of hydrogen-bond donors (Lipinski definition) is 3. The lowest BCUT2D eigenvalue weighted by atomic mass is 10.1. The maximum atomic E-state index is 12.2. The van der Waals surface area contributed by atoms with Crippen LogP contribution in [0.5, 0.6) is 5.75 Å². The van der Waals surface area contributed by atoms with E-state index in [4.69, 9.17) is 0 Å². The molecular weight excluding hydrogens is 304 g/mol. The Labute approximate surface area is 140 Å². The lowest BCUT2D eigenvalue weighted by Crippen LogP contribution is -2.15. The number of phenolic OH excluding ortho intramolecular Hbond substituents is 1. The average molecular weight is 324 g/mol. The van der Waals surface area contributed by atoms with Crippen LogP contribution in [-0.2, 0) is 4.79 Å². The Hall–Kier alpha value is -2.82. The molecule has 1 aliphatic rings. The van der Waals surface area contributed by atoms with Gasteiger partial charge in [-0.15, -0.1) is 0 Å². The molecule has 5 heteroatoms. The lowest BCUT2D eigenvalue weighted by Gasteiger charge is -2.08. The lowest BCUT2D eigenvalue weighted by molar-refractivity contribution is -0.117. The molecule has 0 saturated heterocycles. The molecule has 124 valence electrons. The molecule has 0 aromatic heterocycles. The smallest absolute Gasteiger partial charge is 0.255 e. The van der Waals surface area contributed by atoms with Gasteiger partial charge in [-0.1, -0.05) is 13.0 Å². The second-order valence-electron chi connectivity index (χ2n) is 6.34. The number of amides is 2. The van der Waals surface area contributed by atoms with Crippen LogP contribution in [0.25, 0.3) is 0 Å². The van der Waals surface area contributed by atoms with Crippen molar-refractivity contribution in [1.29, 1.82) is 0 Å². The Bertz CT molecular complexity index is 784. The van der Waals surface area contributed by atoms with Crippen LogP contribution in [0, 0.1) is 18.8 Å². The van der Waals surface area contributed by atoms with Gasteiger partial charge in [0.05, 0.1) is 0 Å². The van der Waals surface area contributed by atoms with Gasteiger partial charge < -0.3 is 15.7 Å². The number of hydrogen-bond acceptors (Lipinski definition) is 3. The van der Waals surface area contributed by atoms with Crippen molar-refractivity contribution in [1.82, 2.24) is 0 Å². The maximum Gasteiger partial charge on any atom is 0.255 e. The number of benzene rings is 2. The number of anilines is 2. The van der Waals surface area contributed by atoms with Crippen LogP contribution < -0.4 is 10.6 Å². The van der Waals surface area contributed by atoms with Crippen LogP contribution in [0.3, 0.4) is 0 Å². The fourth-order valence-electron chi connectivity index (χ4n) is 2.52. The molecule has 3 N–H and O–H groups in total. The van der Waals surface area contributed by atoms with E-state index in [2.05, 4.69) is 17.6 Å². The molecule has 3 rings (SSSR count). The number of carbonyl (C=O) groups is 2. The van der Waals surface area contributed by atoms with E-state index in [0.29, 0.717) is 22.9 Å². The highest BCUT2D eigenvalue weighted by atomic mass is 16.3. The minimum absolute atomic E-state index is 0.0369. The predicted molar refractivity (Wildman–Crippen MR) is 93.1 cm³/mol. The van der Waals surface area contributed by atoms with E-state index in [-0.39, 0.29) is 23.5 Å². The Morgan fingerprint density at radius 2 is 1.67 bits per heavy atom.